The highest BCUT2D eigenvalue weighted by Gasteiger charge is 2.20. The zero-order chi connectivity index (χ0) is 20.9. The van der Waals surface area contributed by atoms with Gasteiger partial charge in [0.05, 0.1) is 18.3 Å². The summed E-state index contributed by atoms with van der Waals surface area (Å²) in [5.74, 6) is 0.480. The van der Waals surface area contributed by atoms with Crippen molar-refractivity contribution in [3.63, 3.8) is 0 Å². The van der Waals surface area contributed by atoms with E-state index in [1.807, 2.05) is 13.8 Å². The Labute approximate surface area is 174 Å². The lowest BCUT2D eigenvalue weighted by Crippen LogP contribution is -2.38. The predicted molar refractivity (Wildman–Crippen MR) is 117 cm³/mol. The van der Waals surface area contributed by atoms with Gasteiger partial charge >= 0.3 is 5.97 Å². The molecule has 0 spiro atoms. The van der Waals surface area contributed by atoms with Gasteiger partial charge in [-0.1, -0.05) is 13.8 Å². The van der Waals surface area contributed by atoms with E-state index in [-0.39, 0.29) is 12.0 Å². The summed E-state index contributed by atoms with van der Waals surface area (Å²) in [5, 5.41) is 7.53. The standard InChI is InChI=1S/C20H37N5O2S/c1-7-21-20(22-13-11-12-14-25(8-2)9-3)24-16(6)18-23-15(5)17(28-18)19(26)27-10-4/h16H,7-14H2,1-6H3,(H2,21,22,24). The van der Waals surface area contributed by atoms with Crippen LogP contribution in [0.4, 0.5) is 0 Å². The molecule has 28 heavy (non-hydrogen) atoms. The van der Waals surface area contributed by atoms with Gasteiger partial charge in [0.1, 0.15) is 9.88 Å². The van der Waals surface area contributed by atoms with Crippen LogP contribution in [0.3, 0.4) is 0 Å². The highest BCUT2D eigenvalue weighted by molar-refractivity contribution is 7.13. The molecule has 0 aliphatic heterocycles. The number of rotatable bonds is 12. The van der Waals surface area contributed by atoms with Crippen molar-refractivity contribution >= 4 is 23.3 Å². The van der Waals surface area contributed by atoms with Gasteiger partial charge in [0, 0.05) is 13.1 Å². The number of ether oxygens (including phenoxy) is 1. The van der Waals surface area contributed by atoms with Crippen molar-refractivity contribution in [2.45, 2.75) is 60.4 Å². The van der Waals surface area contributed by atoms with Crippen molar-refractivity contribution in [3.8, 4) is 0 Å². The second-order valence-corrected chi connectivity index (χ2v) is 7.58. The van der Waals surface area contributed by atoms with Crippen molar-refractivity contribution < 1.29 is 9.53 Å². The summed E-state index contributed by atoms with van der Waals surface area (Å²) in [7, 11) is 0. The number of carbonyl (C=O) groups is 1. The Balaban J connectivity index is 2.62. The number of hydrogen-bond donors (Lipinski definition) is 2. The Hall–Kier alpha value is -1.67. The van der Waals surface area contributed by atoms with Crippen LogP contribution < -0.4 is 10.6 Å². The minimum atomic E-state index is -0.301. The van der Waals surface area contributed by atoms with Crippen LogP contribution in [0.15, 0.2) is 4.99 Å². The monoisotopic (exact) mass is 411 g/mol. The van der Waals surface area contributed by atoms with Crippen LogP contribution in [-0.4, -0.2) is 61.1 Å². The quantitative estimate of drug-likeness (QED) is 0.238. The molecule has 0 aliphatic rings. The number of aryl methyl sites for hydroxylation is 1. The third-order valence-electron chi connectivity index (χ3n) is 4.39. The number of nitrogens with zero attached hydrogens (tertiary/aromatic N) is 3. The second kappa shape index (κ2) is 13.5. The van der Waals surface area contributed by atoms with Crippen LogP contribution in [-0.2, 0) is 4.74 Å². The Morgan fingerprint density at radius 3 is 2.57 bits per heavy atom. The molecule has 0 saturated carbocycles. The van der Waals surface area contributed by atoms with Crippen molar-refractivity contribution in [3.05, 3.63) is 15.6 Å². The molecule has 1 heterocycles. The summed E-state index contributed by atoms with van der Waals surface area (Å²) in [4.78, 5) is 24.2. The molecule has 0 aromatic carbocycles. The fourth-order valence-electron chi connectivity index (χ4n) is 2.75. The molecule has 1 aromatic heterocycles. The van der Waals surface area contributed by atoms with Crippen molar-refractivity contribution in [1.29, 1.82) is 0 Å². The minimum absolute atomic E-state index is 0.0413. The summed E-state index contributed by atoms with van der Waals surface area (Å²) >= 11 is 1.38. The normalized spacial score (nSPS) is 12.9. The molecule has 8 heteroatoms. The summed E-state index contributed by atoms with van der Waals surface area (Å²) in [6.45, 7) is 17.4. The molecule has 0 aliphatic carbocycles. The fourth-order valence-corrected chi connectivity index (χ4v) is 3.72. The number of esters is 1. The number of guanidine groups is 1. The van der Waals surface area contributed by atoms with E-state index in [9.17, 15) is 4.79 Å². The van der Waals surface area contributed by atoms with Gasteiger partial charge in [-0.3, -0.25) is 4.99 Å². The first-order valence-corrected chi connectivity index (χ1v) is 11.2. The molecule has 1 unspecified atom stereocenters. The molecular formula is C20H37N5O2S. The summed E-state index contributed by atoms with van der Waals surface area (Å²) in [6.07, 6.45) is 2.21. The number of aromatic nitrogens is 1. The smallest absolute Gasteiger partial charge is 0.350 e. The number of carbonyl (C=O) groups excluding carboxylic acids is 1. The SMILES string of the molecule is CCNC(=NCCCCN(CC)CC)NC(C)c1nc(C)c(C(=O)OCC)s1. The summed E-state index contributed by atoms with van der Waals surface area (Å²) < 4.78 is 5.10. The lowest BCUT2D eigenvalue weighted by atomic mass is 10.3. The maximum absolute atomic E-state index is 12.0. The van der Waals surface area contributed by atoms with E-state index in [2.05, 4.69) is 46.3 Å². The van der Waals surface area contributed by atoms with E-state index in [1.165, 1.54) is 11.3 Å². The van der Waals surface area contributed by atoms with E-state index in [4.69, 9.17) is 4.74 Å². The van der Waals surface area contributed by atoms with Crippen LogP contribution in [0.2, 0.25) is 0 Å². The zero-order valence-corrected chi connectivity index (χ0v) is 19.1. The number of thiazole rings is 1. The zero-order valence-electron chi connectivity index (χ0n) is 18.3. The topological polar surface area (TPSA) is 78.9 Å². The Kier molecular flexibility index (Phi) is 11.7. The van der Waals surface area contributed by atoms with E-state index >= 15 is 0 Å². The molecule has 1 atom stereocenters. The van der Waals surface area contributed by atoms with Crippen LogP contribution in [0.5, 0.6) is 0 Å². The molecule has 0 amide bonds. The number of aliphatic imine (C=N–C) groups is 1. The first-order valence-electron chi connectivity index (χ1n) is 10.4. The lowest BCUT2D eigenvalue weighted by Gasteiger charge is -2.18. The molecule has 0 saturated heterocycles. The third-order valence-corrected chi connectivity index (χ3v) is 5.71. The number of hydrogen-bond acceptors (Lipinski definition) is 6. The average Bonchev–Trinajstić information content (AvgIpc) is 3.07. The van der Waals surface area contributed by atoms with Crippen LogP contribution in [0.25, 0.3) is 0 Å². The second-order valence-electron chi connectivity index (χ2n) is 6.55. The van der Waals surface area contributed by atoms with Gasteiger partial charge < -0.3 is 20.3 Å². The molecule has 1 rings (SSSR count). The van der Waals surface area contributed by atoms with Gasteiger partial charge in [0.25, 0.3) is 0 Å². The molecule has 0 radical (unpaired) electrons. The molecule has 0 bridgehead atoms. The number of unbranched alkanes of at least 4 members (excludes halogenated alkanes) is 1. The molecule has 2 N–H and O–H groups in total. The van der Waals surface area contributed by atoms with Gasteiger partial charge in [-0.25, -0.2) is 9.78 Å². The van der Waals surface area contributed by atoms with Crippen LogP contribution in [0, 0.1) is 6.92 Å². The van der Waals surface area contributed by atoms with Gasteiger partial charge in [-0.15, -0.1) is 11.3 Å². The molecule has 7 nitrogen and oxygen atoms in total. The minimum Gasteiger partial charge on any atom is -0.462 e. The van der Waals surface area contributed by atoms with Gasteiger partial charge in [-0.2, -0.15) is 0 Å². The Bertz CT molecular complexity index is 614. The van der Waals surface area contributed by atoms with Crippen LogP contribution >= 0.6 is 11.3 Å². The van der Waals surface area contributed by atoms with E-state index in [1.54, 1.807) is 6.92 Å². The Morgan fingerprint density at radius 2 is 1.96 bits per heavy atom. The van der Waals surface area contributed by atoms with Crippen molar-refractivity contribution in [2.24, 2.45) is 4.99 Å². The van der Waals surface area contributed by atoms with Crippen LogP contribution in [0.1, 0.15) is 73.9 Å². The predicted octanol–water partition coefficient (Wildman–Crippen LogP) is 3.37. The first-order chi connectivity index (χ1) is 13.5. The number of nitrogens with one attached hydrogen (secondary N) is 2. The average molecular weight is 412 g/mol. The maximum Gasteiger partial charge on any atom is 0.350 e. The van der Waals surface area contributed by atoms with Crippen molar-refractivity contribution in [2.75, 3.05) is 39.3 Å². The van der Waals surface area contributed by atoms with Gasteiger partial charge in [0.15, 0.2) is 5.96 Å². The maximum atomic E-state index is 12.0. The lowest BCUT2D eigenvalue weighted by molar-refractivity contribution is 0.0531. The summed E-state index contributed by atoms with van der Waals surface area (Å²) in [6, 6.07) is -0.0413. The van der Waals surface area contributed by atoms with E-state index in [0.717, 1.165) is 56.5 Å². The molecule has 0 fully saturated rings. The fraction of sp³-hybridized carbons (Fsp3) is 0.750. The third kappa shape index (κ3) is 8.14. The highest BCUT2D eigenvalue weighted by Crippen LogP contribution is 2.24. The van der Waals surface area contributed by atoms with E-state index in [0.29, 0.717) is 17.2 Å². The summed E-state index contributed by atoms with van der Waals surface area (Å²) in [5.41, 5.74) is 0.713. The Morgan fingerprint density at radius 1 is 1.25 bits per heavy atom. The van der Waals surface area contributed by atoms with Gasteiger partial charge in [0.2, 0.25) is 0 Å². The highest BCUT2D eigenvalue weighted by atomic mass is 32.1. The van der Waals surface area contributed by atoms with Crippen molar-refractivity contribution in [1.82, 2.24) is 20.5 Å². The van der Waals surface area contributed by atoms with Gasteiger partial charge in [-0.05, 0) is 60.2 Å². The first kappa shape index (κ1) is 24.4. The molecule has 1 aromatic rings. The van der Waals surface area contributed by atoms with E-state index < -0.39 is 0 Å². The molecule has 160 valence electrons. The molecular weight excluding hydrogens is 374 g/mol. The largest absolute Gasteiger partial charge is 0.462 e.